The second-order valence-electron chi connectivity index (χ2n) is 10.3. The summed E-state index contributed by atoms with van der Waals surface area (Å²) in [5.41, 5.74) is 1.62. The minimum atomic E-state index is -0.480. The van der Waals surface area contributed by atoms with Gasteiger partial charge in [-0.15, -0.1) is 0 Å². The van der Waals surface area contributed by atoms with Crippen LogP contribution in [0.5, 0.6) is 5.75 Å². The maximum atomic E-state index is 12.4. The van der Waals surface area contributed by atoms with Gasteiger partial charge in [0.25, 0.3) is 0 Å². The van der Waals surface area contributed by atoms with Crippen LogP contribution in [0.1, 0.15) is 39.2 Å². The first kappa shape index (κ1) is 25.7. The van der Waals surface area contributed by atoms with Gasteiger partial charge in [0, 0.05) is 57.8 Å². The molecule has 2 aliphatic rings. The second-order valence-corrected chi connectivity index (χ2v) is 10.3. The zero-order chi connectivity index (χ0) is 25.5. The van der Waals surface area contributed by atoms with Gasteiger partial charge >= 0.3 is 12.2 Å². The van der Waals surface area contributed by atoms with Crippen molar-refractivity contribution in [2.75, 3.05) is 44.2 Å². The average Bonchev–Trinajstić information content (AvgIpc) is 2.88. The molecule has 0 N–H and O–H groups in total. The molecule has 8 heteroatoms. The number of hydrogen-bond donors (Lipinski definition) is 0. The Morgan fingerprint density at radius 2 is 1.42 bits per heavy atom. The van der Waals surface area contributed by atoms with Crippen LogP contribution < -0.4 is 9.64 Å². The molecule has 0 saturated carbocycles. The molecule has 8 nitrogen and oxygen atoms in total. The molecule has 0 bridgehead atoms. The third-order valence-electron chi connectivity index (χ3n) is 6.34. The fourth-order valence-corrected chi connectivity index (χ4v) is 4.37. The monoisotopic (exact) mass is 495 g/mol. The van der Waals surface area contributed by atoms with E-state index in [0.717, 1.165) is 42.9 Å². The van der Waals surface area contributed by atoms with Crippen molar-refractivity contribution < 1.29 is 23.8 Å². The van der Waals surface area contributed by atoms with E-state index in [1.165, 1.54) is 0 Å². The zero-order valence-corrected chi connectivity index (χ0v) is 21.5. The highest BCUT2D eigenvalue weighted by atomic mass is 16.6. The molecule has 2 aromatic carbocycles. The number of amides is 2. The van der Waals surface area contributed by atoms with Gasteiger partial charge in [0.05, 0.1) is 0 Å². The highest BCUT2D eigenvalue weighted by Gasteiger charge is 2.27. The summed E-state index contributed by atoms with van der Waals surface area (Å²) in [7, 11) is 0. The number of carbonyl (C=O) groups is 2. The number of likely N-dealkylation sites (tertiary alicyclic amines) is 1. The van der Waals surface area contributed by atoms with E-state index in [4.69, 9.17) is 14.2 Å². The van der Waals surface area contributed by atoms with Gasteiger partial charge in [-0.2, -0.15) is 0 Å². The molecule has 2 heterocycles. The molecule has 0 aromatic heterocycles. The van der Waals surface area contributed by atoms with Crippen LogP contribution in [0.15, 0.2) is 54.6 Å². The number of rotatable bonds is 5. The molecule has 2 amide bonds. The Balaban J connectivity index is 1.18. The van der Waals surface area contributed by atoms with Crippen molar-refractivity contribution in [3.05, 3.63) is 60.2 Å². The molecule has 2 aliphatic heterocycles. The molecular formula is C28H37N3O5. The third kappa shape index (κ3) is 7.29. The van der Waals surface area contributed by atoms with Gasteiger partial charge in [0.2, 0.25) is 0 Å². The van der Waals surface area contributed by atoms with Crippen molar-refractivity contribution in [1.29, 1.82) is 0 Å². The summed E-state index contributed by atoms with van der Waals surface area (Å²) in [6, 6.07) is 17.8. The number of piperidine rings is 1. The molecule has 4 rings (SSSR count). The Morgan fingerprint density at radius 1 is 0.806 bits per heavy atom. The normalized spacial score (nSPS) is 17.0. The Labute approximate surface area is 213 Å². The number of anilines is 1. The number of piperazine rings is 1. The van der Waals surface area contributed by atoms with Gasteiger partial charge in [-0.3, -0.25) is 0 Å². The van der Waals surface area contributed by atoms with Gasteiger partial charge in [-0.25, -0.2) is 9.59 Å². The Hall–Kier alpha value is -3.42. The van der Waals surface area contributed by atoms with Crippen molar-refractivity contribution in [3.8, 4) is 5.75 Å². The predicted molar refractivity (Wildman–Crippen MR) is 138 cm³/mol. The lowest BCUT2D eigenvalue weighted by molar-refractivity contribution is 0.0240. The molecule has 36 heavy (non-hydrogen) atoms. The highest BCUT2D eigenvalue weighted by molar-refractivity contribution is 5.69. The standard InChI is InChI=1S/C28H37N3O5/c1-28(2,3)36-27(33)31-19-17-29(18-20-31)23-9-11-24(12-10-23)35-25-13-15-30(16-14-25)26(32)34-21-22-7-5-4-6-8-22/h4-12,25H,13-21H2,1-3H3. The first-order chi connectivity index (χ1) is 17.3. The summed E-state index contributed by atoms with van der Waals surface area (Å²) in [4.78, 5) is 30.4. The first-order valence-corrected chi connectivity index (χ1v) is 12.7. The summed E-state index contributed by atoms with van der Waals surface area (Å²) in [5, 5.41) is 0. The molecule has 0 radical (unpaired) electrons. The van der Waals surface area contributed by atoms with Crippen LogP contribution in [0.3, 0.4) is 0 Å². The molecule has 0 unspecified atom stereocenters. The van der Waals surface area contributed by atoms with Crippen molar-refractivity contribution in [1.82, 2.24) is 9.80 Å². The van der Waals surface area contributed by atoms with E-state index in [-0.39, 0.29) is 18.3 Å². The average molecular weight is 496 g/mol. The summed E-state index contributed by atoms with van der Waals surface area (Å²) in [5.74, 6) is 0.830. The van der Waals surface area contributed by atoms with Crippen molar-refractivity contribution in [2.45, 2.75) is 51.9 Å². The molecular weight excluding hydrogens is 458 g/mol. The molecule has 0 atom stereocenters. The van der Waals surface area contributed by atoms with E-state index in [1.54, 1.807) is 9.80 Å². The van der Waals surface area contributed by atoms with E-state index in [9.17, 15) is 9.59 Å². The Kier molecular flexibility index (Phi) is 8.23. The SMILES string of the molecule is CC(C)(C)OC(=O)N1CCN(c2ccc(OC3CCN(C(=O)OCc4ccccc4)CC3)cc2)CC1. The van der Waals surface area contributed by atoms with Crippen LogP contribution in [0.4, 0.5) is 15.3 Å². The molecule has 194 valence electrons. The molecule has 0 spiro atoms. The maximum absolute atomic E-state index is 12.4. The second kappa shape index (κ2) is 11.5. The minimum Gasteiger partial charge on any atom is -0.490 e. The summed E-state index contributed by atoms with van der Waals surface area (Å²) >= 11 is 0. The van der Waals surface area contributed by atoms with E-state index in [1.807, 2.05) is 63.2 Å². The number of nitrogens with zero attached hydrogens (tertiary/aromatic N) is 3. The summed E-state index contributed by atoms with van der Waals surface area (Å²) in [6.45, 7) is 9.99. The van der Waals surface area contributed by atoms with Crippen LogP contribution in [-0.2, 0) is 16.1 Å². The molecule has 0 aliphatic carbocycles. The first-order valence-electron chi connectivity index (χ1n) is 12.7. The minimum absolute atomic E-state index is 0.0754. The quantitative estimate of drug-likeness (QED) is 0.586. The van der Waals surface area contributed by atoms with Gasteiger partial charge < -0.3 is 28.9 Å². The van der Waals surface area contributed by atoms with Gasteiger partial charge in [-0.1, -0.05) is 30.3 Å². The van der Waals surface area contributed by atoms with Crippen molar-refractivity contribution >= 4 is 17.9 Å². The molecule has 2 fully saturated rings. The van der Waals surface area contributed by atoms with Crippen LogP contribution in [0, 0.1) is 0 Å². The van der Waals surface area contributed by atoms with Crippen molar-refractivity contribution in [2.24, 2.45) is 0 Å². The lowest BCUT2D eigenvalue weighted by Crippen LogP contribution is -2.50. The van der Waals surface area contributed by atoms with Gasteiger partial charge in [0.1, 0.15) is 24.1 Å². The van der Waals surface area contributed by atoms with Gasteiger partial charge in [0.15, 0.2) is 0 Å². The van der Waals surface area contributed by atoms with E-state index in [2.05, 4.69) is 17.0 Å². The predicted octanol–water partition coefficient (Wildman–Crippen LogP) is 4.92. The molecule has 2 saturated heterocycles. The van der Waals surface area contributed by atoms with Gasteiger partial charge in [-0.05, 0) is 50.6 Å². The maximum Gasteiger partial charge on any atom is 0.410 e. The summed E-state index contributed by atoms with van der Waals surface area (Å²) in [6.07, 6.45) is 1.10. The smallest absolute Gasteiger partial charge is 0.410 e. The van der Waals surface area contributed by atoms with Crippen LogP contribution >= 0.6 is 0 Å². The molecule has 2 aromatic rings. The number of hydrogen-bond acceptors (Lipinski definition) is 6. The van der Waals surface area contributed by atoms with Crippen LogP contribution in [-0.4, -0.2) is 73.0 Å². The fourth-order valence-electron chi connectivity index (χ4n) is 4.37. The third-order valence-corrected chi connectivity index (χ3v) is 6.34. The number of benzene rings is 2. The van der Waals surface area contributed by atoms with E-state index in [0.29, 0.717) is 32.8 Å². The van der Waals surface area contributed by atoms with Crippen LogP contribution in [0.2, 0.25) is 0 Å². The zero-order valence-electron chi connectivity index (χ0n) is 21.5. The topological polar surface area (TPSA) is 71.6 Å². The van der Waals surface area contributed by atoms with Crippen LogP contribution in [0.25, 0.3) is 0 Å². The fraction of sp³-hybridized carbons (Fsp3) is 0.500. The summed E-state index contributed by atoms with van der Waals surface area (Å²) < 4.78 is 17.1. The number of ether oxygens (including phenoxy) is 3. The lowest BCUT2D eigenvalue weighted by Gasteiger charge is -2.36. The van der Waals surface area contributed by atoms with E-state index >= 15 is 0 Å². The Bertz CT molecular complexity index is 990. The largest absolute Gasteiger partial charge is 0.490 e. The van der Waals surface area contributed by atoms with Crippen molar-refractivity contribution in [3.63, 3.8) is 0 Å². The highest BCUT2D eigenvalue weighted by Crippen LogP contribution is 2.24. The Morgan fingerprint density at radius 3 is 2.03 bits per heavy atom. The number of carbonyl (C=O) groups excluding carboxylic acids is 2. The lowest BCUT2D eigenvalue weighted by atomic mass is 10.1. The van der Waals surface area contributed by atoms with E-state index < -0.39 is 5.60 Å².